The average Bonchev–Trinajstić information content (AvgIpc) is 3.30. The standard InChI is InChI=1S/C22H18ClN3O5/c23-15-3-1-4-16(11-15)30-13-18-19(21(27)31-12-17-5-2-10-29-17)20(26-22(28)25-18)14-6-8-24-9-7-14/h1-11,19-20H,12-13H2,(H,26,28). The van der Waals surface area contributed by atoms with Crippen LogP contribution in [0, 0.1) is 5.92 Å². The van der Waals surface area contributed by atoms with Crippen LogP contribution in [0.15, 0.2) is 76.6 Å². The van der Waals surface area contributed by atoms with Crippen molar-refractivity contribution in [2.24, 2.45) is 10.9 Å². The number of hydrogen-bond donors (Lipinski definition) is 1. The first kappa shape index (κ1) is 20.6. The molecule has 4 rings (SSSR count). The number of carbonyl (C=O) groups excluding carboxylic acids is 2. The van der Waals surface area contributed by atoms with Crippen LogP contribution in [0.5, 0.6) is 5.75 Å². The van der Waals surface area contributed by atoms with Crippen LogP contribution >= 0.6 is 11.6 Å². The summed E-state index contributed by atoms with van der Waals surface area (Å²) >= 11 is 6.00. The van der Waals surface area contributed by atoms with E-state index in [1.165, 1.54) is 6.26 Å². The second-order valence-corrected chi connectivity index (χ2v) is 7.16. The van der Waals surface area contributed by atoms with Gasteiger partial charge in [-0.3, -0.25) is 9.78 Å². The van der Waals surface area contributed by atoms with E-state index in [2.05, 4.69) is 15.3 Å². The number of halogens is 1. The highest BCUT2D eigenvalue weighted by Gasteiger charge is 2.40. The minimum absolute atomic E-state index is 0.0399. The summed E-state index contributed by atoms with van der Waals surface area (Å²) in [7, 11) is 0. The second-order valence-electron chi connectivity index (χ2n) is 6.72. The molecule has 0 bridgehead atoms. The Balaban J connectivity index is 1.59. The third-order valence-electron chi connectivity index (χ3n) is 4.66. The fraction of sp³-hybridized carbons (Fsp3) is 0.182. The van der Waals surface area contributed by atoms with Crippen LogP contribution in [0.1, 0.15) is 17.4 Å². The maximum atomic E-state index is 13.1. The third-order valence-corrected chi connectivity index (χ3v) is 4.89. The number of hydrogen-bond acceptors (Lipinski definition) is 6. The van der Waals surface area contributed by atoms with Gasteiger partial charge in [-0.15, -0.1) is 0 Å². The molecular formula is C22H18ClN3O5. The lowest BCUT2D eigenvalue weighted by Crippen LogP contribution is -2.46. The summed E-state index contributed by atoms with van der Waals surface area (Å²) in [5, 5.41) is 3.24. The van der Waals surface area contributed by atoms with Crippen molar-refractivity contribution in [3.05, 3.63) is 83.5 Å². The molecule has 0 spiro atoms. The average molecular weight is 440 g/mol. The molecule has 3 heterocycles. The molecule has 1 N–H and O–H groups in total. The van der Waals surface area contributed by atoms with Crippen LogP contribution in [0.25, 0.3) is 0 Å². The van der Waals surface area contributed by atoms with E-state index in [0.717, 1.165) is 0 Å². The maximum Gasteiger partial charge on any atom is 0.341 e. The van der Waals surface area contributed by atoms with E-state index in [0.29, 0.717) is 22.1 Å². The lowest BCUT2D eigenvalue weighted by molar-refractivity contribution is -0.149. The van der Waals surface area contributed by atoms with E-state index in [4.69, 9.17) is 25.5 Å². The van der Waals surface area contributed by atoms with E-state index in [1.807, 2.05) is 0 Å². The summed E-state index contributed by atoms with van der Waals surface area (Å²) in [5.41, 5.74) is 0.938. The van der Waals surface area contributed by atoms with Crippen molar-refractivity contribution in [1.29, 1.82) is 0 Å². The molecule has 1 aliphatic heterocycles. The fourth-order valence-electron chi connectivity index (χ4n) is 3.22. The van der Waals surface area contributed by atoms with Crippen molar-refractivity contribution >= 4 is 29.3 Å². The molecule has 2 aromatic heterocycles. The first-order valence-electron chi connectivity index (χ1n) is 9.45. The minimum atomic E-state index is -0.894. The fourth-order valence-corrected chi connectivity index (χ4v) is 3.40. The Morgan fingerprint density at radius 3 is 2.71 bits per heavy atom. The number of benzene rings is 1. The highest BCUT2D eigenvalue weighted by molar-refractivity contribution is 6.30. The normalized spacial score (nSPS) is 18.1. The monoisotopic (exact) mass is 439 g/mol. The Bertz CT molecular complexity index is 1090. The third kappa shape index (κ3) is 5.10. The zero-order valence-corrected chi connectivity index (χ0v) is 17.0. The Kier molecular flexibility index (Phi) is 6.28. The highest BCUT2D eigenvalue weighted by atomic mass is 35.5. The van der Waals surface area contributed by atoms with Crippen molar-refractivity contribution in [2.75, 3.05) is 6.61 Å². The molecule has 2 atom stereocenters. The van der Waals surface area contributed by atoms with Gasteiger partial charge in [-0.05, 0) is 48.0 Å². The van der Waals surface area contributed by atoms with Gasteiger partial charge >= 0.3 is 12.0 Å². The molecule has 158 valence electrons. The molecule has 9 heteroatoms. The van der Waals surface area contributed by atoms with Gasteiger partial charge in [0.25, 0.3) is 0 Å². The van der Waals surface area contributed by atoms with Gasteiger partial charge in [0.15, 0.2) is 0 Å². The largest absolute Gasteiger partial charge is 0.488 e. The molecule has 0 radical (unpaired) electrons. The molecular weight excluding hydrogens is 422 g/mol. The molecule has 31 heavy (non-hydrogen) atoms. The molecule has 8 nitrogen and oxygen atoms in total. The van der Waals surface area contributed by atoms with Gasteiger partial charge in [0, 0.05) is 17.4 Å². The summed E-state index contributed by atoms with van der Waals surface area (Å²) in [6, 6.07) is 12.4. The number of urea groups is 1. The summed E-state index contributed by atoms with van der Waals surface area (Å²) in [5.74, 6) is -0.465. The lowest BCUT2D eigenvalue weighted by atomic mass is 9.88. The molecule has 2 unspecified atom stereocenters. The van der Waals surface area contributed by atoms with Gasteiger partial charge in [0.1, 0.15) is 30.6 Å². The molecule has 0 aliphatic carbocycles. The first-order chi connectivity index (χ1) is 15.1. The number of furan rings is 1. The first-order valence-corrected chi connectivity index (χ1v) is 9.83. The van der Waals surface area contributed by atoms with Crippen LogP contribution in [0.2, 0.25) is 5.02 Å². The Morgan fingerprint density at radius 2 is 1.97 bits per heavy atom. The minimum Gasteiger partial charge on any atom is -0.488 e. The molecule has 0 saturated heterocycles. The number of esters is 1. The van der Waals surface area contributed by atoms with E-state index in [1.54, 1.807) is 60.9 Å². The summed E-state index contributed by atoms with van der Waals surface area (Å²) in [4.78, 5) is 33.4. The number of aromatic nitrogens is 1. The predicted octanol–water partition coefficient (Wildman–Crippen LogP) is 3.97. The zero-order valence-electron chi connectivity index (χ0n) is 16.2. The maximum absolute atomic E-state index is 13.1. The molecule has 1 aromatic carbocycles. The SMILES string of the molecule is O=C1N=C(COc2cccc(Cl)c2)C(C(=O)OCc2ccco2)C(c2ccncc2)N1. The Morgan fingerprint density at radius 1 is 1.13 bits per heavy atom. The molecule has 0 fully saturated rings. The van der Waals surface area contributed by atoms with Gasteiger partial charge in [0.2, 0.25) is 0 Å². The number of carbonyl (C=O) groups is 2. The van der Waals surface area contributed by atoms with Gasteiger partial charge in [-0.25, -0.2) is 4.79 Å². The quantitative estimate of drug-likeness (QED) is 0.559. The van der Waals surface area contributed by atoms with Crippen molar-refractivity contribution in [2.45, 2.75) is 12.6 Å². The van der Waals surface area contributed by atoms with E-state index in [-0.39, 0.29) is 18.9 Å². The summed E-state index contributed by atoms with van der Waals surface area (Å²) in [6.45, 7) is -0.127. The van der Waals surface area contributed by atoms with Gasteiger partial charge in [0.05, 0.1) is 18.0 Å². The highest BCUT2D eigenvalue weighted by Crippen LogP contribution is 2.29. The number of nitrogens with zero attached hydrogens (tertiary/aromatic N) is 2. The zero-order chi connectivity index (χ0) is 21.6. The smallest absolute Gasteiger partial charge is 0.341 e. The molecule has 1 aliphatic rings. The topological polar surface area (TPSA) is 103 Å². The number of pyridine rings is 1. The molecule has 3 aromatic rings. The van der Waals surface area contributed by atoms with Gasteiger partial charge in [-0.2, -0.15) is 4.99 Å². The van der Waals surface area contributed by atoms with E-state index in [9.17, 15) is 9.59 Å². The molecule has 2 amide bonds. The van der Waals surface area contributed by atoms with Crippen molar-refractivity contribution < 1.29 is 23.5 Å². The number of rotatable bonds is 7. The van der Waals surface area contributed by atoms with Crippen LogP contribution in [-0.4, -0.2) is 29.3 Å². The van der Waals surface area contributed by atoms with Crippen LogP contribution in [0.4, 0.5) is 4.79 Å². The summed E-state index contributed by atoms with van der Waals surface area (Å²) < 4.78 is 16.4. The number of ether oxygens (including phenoxy) is 2. The Hall–Kier alpha value is -3.65. The van der Waals surface area contributed by atoms with Crippen LogP contribution in [0.3, 0.4) is 0 Å². The van der Waals surface area contributed by atoms with Crippen LogP contribution in [-0.2, 0) is 16.1 Å². The van der Waals surface area contributed by atoms with Gasteiger partial charge < -0.3 is 19.2 Å². The van der Waals surface area contributed by atoms with E-state index < -0.39 is 24.0 Å². The van der Waals surface area contributed by atoms with E-state index >= 15 is 0 Å². The van der Waals surface area contributed by atoms with Gasteiger partial charge in [-0.1, -0.05) is 17.7 Å². The van der Waals surface area contributed by atoms with Crippen molar-refractivity contribution in [3.8, 4) is 5.75 Å². The predicted molar refractivity (Wildman–Crippen MR) is 112 cm³/mol. The summed E-state index contributed by atoms with van der Waals surface area (Å²) in [6.07, 6.45) is 4.66. The van der Waals surface area contributed by atoms with Crippen molar-refractivity contribution in [3.63, 3.8) is 0 Å². The number of amides is 2. The second kappa shape index (κ2) is 9.44. The van der Waals surface area contributed by atoms with Crippen LogP contribution < -0.4 is 10.1 Å². The number of aliphatic imine (C=N–C) groups is 1. The number of nitrogens with one attached hydrogen (secondary N) is 1. The molecule has 0 saturated carbocycles. The lowest BCUT2D eigenvalue weighted by Gasteiger charge is -2.30. The van der Waals surface area contributed by atoms with Crippen molar-refractivity contribution in [1.82, 2.24) is 10.3 Å². The Labute approximate surface area is 182 Å².